The van der Waals surface area contributed by atoms with Crippen LogP contribution in [0.3, 0.4) is 0 Å². The summed E-state index contributed by atoms with van der Waals surface area (Å²) in [7, 11) is 3.75. The fourth-order valence-corrected chi connectivity index (χ4v) is 5.14. The van der Waals surface area contributed by atoms with E-state index in [4.69, 9.17) is 4.74 Å². The van der Waals surface area contributed by atoms with Gasteiger partial charge in [-0.15, -0.1) is 0 Å². The number of urea groups is 1. The molecule has 4 aromatic rings. The van der Waals surface area contributed by atoms with E-state index in [1.165, 1.54) is 32.8 Å². The smallest absolute Gasteiger partial charge is 0.327 e. The summed E-state index contributed by atoms with van der Waals surface area (Å²) < 4.78 is 36.1. The quantitative estimate of drug-likeness (QED) is 0.273. The molecule has 0 radical (unpaired) electrons. The number of amides is 3. The van der Waals surface area contributed by atoms with Crippen molar-refractivity contribution in [3.05, 3.63) is 82.8 Å². The number of likely N-dealkylation sites (N-methyl/N-ethyl adjacent to an activating group) is 1. The van der Waals surface area contributed by atoms with Gasteiger partial charge in [0.15, 0.2) is 5.82 Å². The van der Waals surface area contributed by atoms with Gasteiger partial charge in [-0.05, 0) is 75.8 Å². The van der Waals surface area contributed by atoms with Crippen molar-refractivity contribution in [2.45, 2.75) is 33.4 Å². The molecule has 2 aromatic heterocycles. The molecule has 1 saturated heterocycles. The third-order valence-electron chi connectivity index (χ3n) is 7.32. The molecule has 9 nitrogen and oxygen atoms in total. The normalized spacial score (nSPS) is 14.5. The average Bonchev–Trinajstić information content (AvgIpc) is 3.47. The number of pyridine rings is 1. The van der Waals surface area contributed by atoms with Crippen molar-refractivity contribution in [3.63, 3.8) is 0 Å². The molecule has 41 heavy (non-hydrogen) atoms. The first-order chi connectivity index (χ1) is 19.5. The molecular weight excluding hydrogens is 530 g/mol. The number of benzene rings is 2. The Labute approximate surface area is 236 Å². The first-order valence-corrected chi connectivity index (χ1v) is 13.3. The molecule has 0 bridgehead atoms. The zero-order valence-electron chi connectivity index (χ0n) is 23.7. The van der Waals surface area contributed by atoms with Crippen LogP contribution in [0.1, 0.15) is 35.3 Å². The van der Waals surface area contributed by atoms with Gasteiger partial charge in [0.25, 0.3) is 0 Å². The van der Waals surface area contributed by atoms with Crippen molar-refractivity contribution in [2.75, 3.05) is 33.7 Å². The maximum atomic E-state index is 14.7. The fourth-order valence-electron chi connectivity index (χ4n) is 5.14. The van der Waals surface area contributed by atoms with Crippen molar-refractivity contribution >= 4 is 22.8 Å². The predicted octanol–water partition coefficient (Wildman–Crippen LogP) is 4.78. The van der Waals surface area contributed by atoms with Crippen LogP contribution in [0.5, 0.6) is 5.75 Å². The highest BCUT2D eigenvalue weighted by Gasteiger charge is 2.39. The van der Waals surface area contributed by atoms with E-state index in [2.05, 4.69) is 10.1 Å². The number of fused-ring (bicyclic) bond motifs is 1. The van der Waals surface area contributed by atoms with Gasteiger partial charge in [0.2, 0.25) is 5.91 Å². The van der Waals surface area contributed by atoms with Crippen LogP contribution in [0.4, 0.5) is 13.6 Å². The molecular formula is C30H32F2N6O3. The van der Waals surface area contributed by atoms with E-state index < -0.39 is 23.7 Å². The molecule has 5 rings (SSSR count). The average molecular weight is 563 g/mol. The minimum atomic E-state index is -0.571. The molecule has 1 aliphatic rings. The molecule has 11 heteroatoms. The lowest BCUT2D eigenvalue weighted by Crippen LogP contribution is -2.38. The summed E-state index contributed by atoms with van der Waals surface area (Å²) in [4.78, 5) is 35.1. The monoisotopic (exact) mass is 562 g/mol. The number of aromatic nitrogens is 3. The summed E-state index contributed by atoms with van der Waals surface area (Å²) in [5.41, 5.74) is 3.86. The molecule has 1 fully saturated rings. The topological polar surface area (TPSA) is 83.8 Å². The summed E-state index contributed by atoms with van der Waals surface area (Å²) in [6.07, 6.45) is 2.44. The van der Waals surface area contributed by atoms with Gasteiger partial charge in [0.05, 0.1) is 24.1 Å². The van der Waals surface area contributed by atoms with Crippen LogP contribution in [0.2, 0.25) is 0 Å². The number of hydrogen-bond donors (Lipinski definition) is 0. The van der Waals surface area contributed by atoms with E-state index in [1.54, 1.807) is 19.9 Å². The number of imide groups is 1. The van der Waals surface area contributed by atoms with E-state index >= 15 is 0 Å². The van der Waals surface area contributed by atoms with Gasteiger partial charge >= 0.3 is 6.03 Å². The lowest BCUT2D eigenvalue weighted by atomic mass is 9.96. The number of ether oxygens (including phenoxy) is 1. The highest BCUT2D eigenvalue weighted by atomic mass is 19.1. The van der Waals surface area contributed by atoms with Crippen molar-refractivity contribution in [3.8, 4) is 11.4 Å². The Kier molecular flexibility index (Phi) is 7.72. The molecule has 0 unspecified atom stereocenters. The summed E-state index contributed by atoms with van der Waals surface area (Å²) in [5, 5.41) is 4.82. The zero-order chi connectivity index (χ0) is 29.4. The number of para-hydroxylation sites is 1. The second-order valence-electron chi connectivity index (χ2n) is 10.6. The second-order valence-corrected chi connectivity index (χ2v) is 10.6. The molecule has 0 N–H and O–H groups in total. The molecule has 0 aliphatic carbocycles. The summed E-state index contributed by atoms with van der Waals surface area (Å²) in [6.45, 7) is 6.24. The van der Waals surface area contributed by atoms with E-state index in [0.717, 1.165) is 11.6 Å². The molecule has 1 aliphatic heterocycles. The van der Waals surface area contributed by atoms with Crippen LogP contribution in [0, 0.1) is 25.5 Å². The highest BCUT2D eigenvalue weighted by molar-refractivity contribution is 6.02. The van der Waals surface area contributed by atoms with Crippen LogP contribution in [0.25, 0.3) is 16.6 Å². The van der Waals surface area contributed by atoms with Crippen molar-refractivity contribution in [2.24, 2.45) is 0 Å². The Morgan fingerprint density at radius 1 is 1.10 bits per heavy atom. The van der Waals surface area contributed by atoms with Crippen molar-refractivity contribution < 1.29 is 23.1 Å². The van der Waals surface area contributed by atoms with E-state index in [0.29, 0.717) is 45.9 Å². The second kappa shape index (κ2) is 11.2. The van der Waals surface area contributed by atoms with Crippen LogP contribution in [-0.2, 0) is 11.4 Å². The van der Waals surface area contributed by atoms with E-state index in [9.17, 15) is 18.4 Å². The van der Waals surface area contributed by atoms with Gasteiger partial charge in [-0.2, -0.15) is 5.10 Å². The number of halogens is 2. The number of nitrogens with zero attached hydrogens (tertiary/aromatic N) is 6. The molecule has 214 valence electrons. The maximum Gasteiger partial charge on any atom is 0.327 e. The molecule has 2 aromatic carbocycles. The minimum absolute atomic E-state index is 0.0760. The third-order valence-corrected chi connectivity index (χ3v) is 7.32. The van der Waals surface area contributed by atoms with Crippen LogP contribution < -0.4 is 4.74 Å². The first kappa shape index (κ1) is 28.2. The molecule has 0 saturated carbocycles. The summed E-state index contributed by atoms with van der Waals surface area (Å²) >= 11 is 0. The largest absolute Gasteiger partial charge is 0.487 e. The van der Waals surface area contributed by atoms with Crippen molar-refractivity contribution in [1.29, 1.82) is 0 Å². The SMILES string of the molecule is Cc1cc(-n2cc(F)cn2)c2cccc(OCc3c(C)cc(F)cc3[C@H](C)N3CC(=O)N(CCN(C)C)C3=O)c2n1. The van der Waals surface area contributed by atoms with Gasteiger partial charge in [-0.25, -0.2) is 23.2 Å². The lowest BCUT2D eigenvalue weighted by Gasteiger charge is -2.27. The minimum Gasteiger partial charge on any atom is -0.487 e. The standard InChI is InChI=1S/C30H32F2N6O3/c1-18-11-21(31)13-24(20(3)37-16-28(39)36(30(37)40)10-9-35(4)5)25(18)17-41-27-8-6-7-23-26(12-19(2)34-29(23)27)38-15-22(32)14-33-38/h6-8,11-15,20H,9-10,16-17H2,1-5H3/t20-/m0/s1. The Hall–Kier alpha value is -4.38. The number of hydrogen-bond acceptors (Lipinski definition) is 6. The molecule has 1 atom stereocenters. The van der Waals surface area contributed by atoms with E-state index in [-0.39, 0.29) is 25.6 Å². The Morgan fingerprint density at radius 3 is 2.59 bits per heavy atom. The maximum absolute atomic E-state index is 14.7. The van der Waals surface area contributed by atoms with Crippen molar-refractivity contribution in [1.82, 2.24) is 29.5 Å². The predicted molar refractivity (Wildman–Crippen MR) is 150 cm³/mol. The number of rotatable bonds is 9. The highest BCUT2D eigenvalue weighted by Crippen LogP contribution is 2.33. The Morgan fingerprint density at radius 2 is 1.88 bits per heavy atom. The Bertz CT molecular complexity index is 1640. The van der Waals surface area contributed by atoms with Crippen LogP contribution >= 0.6 is 0 Å². The zero-order valence-corrected chi connectivity index (χ0v) is 23.7. The third kappa shape index (κ3) is 5.62. The molecule has 0 spiro atoms. The number of carbonyl (C=O) groups is 2. The first-order valence-electron chi connectivity index (χ1n) is 13.3. The number of aryl methyl sites for hydroxylation is 2. The van der Waals surface area contributed by atoms with Crippen LogP contribution in [-0.4, -0.2) is 75.1 Å². The summed E-state index contributed by atoms with van der Waals surface area (Å²) in [5.74, 6) is -0.675. The van der Waals surface area contributed by atoms with Gasteiger partial charge < -0.3 is 14.5 Å². The van der Waals surface area contributed by atoms with Gasteiger partial charge in [-0.1, -0.05) is 12.1 Å². The lowest BCUT2D eigenvalue weighted by molar-refractivity contribution is -0.125. The molecule has 3 heterocycles. The van der Waals surface area contributed by atoms with Gasteiger partial charge in [0.1, 0.15) is 30.2 Å². The summed E-state index contributed by atoms with van der Waals surface area (Å²) in [6, 6.07) is 9.13. The van der Waals surface area contributed by atoms with Gasteiger partial charge in [-0.3, -0.25) is 9.69 Å². The number of carbonyl (C=O) groups excluding carboxylic acids is 2. The van der Waals surface area contributed by atoms with Crippen LogP contribution in [0.15, 0.2) is 48.8 Å². The Balaban J connectivity index is 1.45. The molecule has 3 amide bonds. The van der Waals surface area contributed by atoms with E-state index in [1.807, 2.05) is 44.1 Å². The fraction of sp³-hybridized carbons (Fsp3) is 0.333. The van der Waals surface area contributed by atoms with Gasteiger partial charge in [0, 0.05) is 24.2 Å².